The Morgan fingerprint density at radius 2 is 1.61 bits per heavy atom. The highest BCUT2D eigenvalue weighted by atomic mass is 28.3. The summed E-state index contributed by atoms with van der Waals surface area (Å²) in [5, 5.41) is 0. The van der Waals surface area contributed by atoms with Crippen molar-refractivity contribution in [1.29, 1.82) is 0 Å². The van der Waals surface area contributed by atoms with E-state index in [9.17, 15) is 4.79 Å². The van der Waals surface area contributed by atoms with Crippen LogP contribution in [0.5, 0.6) is 0 Å². The van der Waals surface area contributed by atoms with E-state index < -0.39 is 17.6 Å². The van der Waals surface area contributed by atoms with Gasteiger partial charge in [-0.15, -0.1) is 0 Å². The fourth-order valence-corrected chi connectivity index (χ4v) is 11.7. The summed E-state index contributed by atoms with van der Waals surface area (Å²) in [6.45, 7) is 9.55. The molecule has 0 spiro atoms. The summed E-state index contributed by atoms with van der Waals surface area (Å²) in [5.41, 5.74) is 17.6. The number of primary amides is 1. The predicted molar refractivity (Wildman–Crippen MR) is 85.1 cm³/mol. The molecule has 0 saturated heterocycles. The van der Waals surface area contributed by atoms with Gasteiger partial charge in [0.2, 0.25) is 5.91 Å². The first-order chi connectivity index (χ1) is 8.31. The predicted octanol–water partition coefficient (Wildman–Crippen LogP) is 0.571. The molecule has 0 fully saturated rings. The average molecular weight is 290 g/mol. The van der Waals surface area contributed by atoms with E-state index in [0.717, 1.165) is 32.2 Å². The van der Waals surface area contributed by atoms with Crippen molar-refractivity contribution in [2.45, 2.75) is 62.6 Å². The van der Waals surface area contributed by atoms with Crippen LogP contribution in [0.15, 0.2) is 0 Å². The quantitative estimate of drug-likeness (QED) is 0.428. The summed E-state index contributed by atoms with van der Waals surface area (Å²) >= 11 is 0. The maximum absolute atomic E-state index is 12.0. The number of hydrogen-bond donors (Lipinski definition) is 3. The van der Waals surface area contributed by atoms with Crippen molar-refractivity contribution in [3.8, 4) is 0 Å². The second-order valence-corrected chi connectivity index (χ2v) is 13.0. The van der Waals surface area contributed by atoms with Gasteiger partial charge in [0.1, 0.15) is 0 Å². The minimum atomic E-state index is -1.22. The van der Waals surface area contributed by atoms with Gasteiger partial charge >= 0.3 is 0 Å². The smallest absolute Gasteiger partial charge is 0.219 e. The maximum atomic E-state index is 12.0. The highest BCUT2D eigenvalue weighted by molar-refractivity contribution is 6.86. The van der Waals surface area contributed by atoms with Gasteiger partial charge < -0.3 is 17.2 Å². The summed E-state index contributed by atoms with van der Waals surface area (Å²) in [5.74, 6) is -0.142. The van der Waals surface area contributed by atoms with E-state index in [4.69, 9.17) is 17.2 Å². The summed E-state index contributed by atoms with van der Waals surface area (Å²) in [4.78, 5) is 12.0. The Morgan fingerprint density at radius 3 is 1.94 bits per heavy atom. The molecule has 0 rings (SSSR count). The van der Waals surface area contributed by atoms with Crippen LogP contribution in [-0.4, -0.2) is 36.1 Å². The van der Waals surface area contributed by atoms with Crippen molar-refractivity contribution in [3.63, 3.8) is 0 Å². The molecular formula is C12H31N3OSi2. The first-order valence-electron chi connectivity index (χ1n) is 7.07. The van der Waals surface area contributed by atoms with Crippen LogP contribution in [0, 0.1) is 0 Å². The van der Waals surface area contributed by atoms with Crippen molar-refractivity contribution < 1.29 is 4.79 Å². The summed E-state index contributed by atoms with van der Waals surface area (Å²) in [6.07, 6.45) is 4.09. The van der Waals surface area contributed by atoms with E-state index in [0.29, 0.717) is 0 Å². The molecule has 0 aliphatic heterocycles. The Morgan fingerprint density at radius 1 is 1.11 bits per heavy atom. The number of carbonyl (C=O) groups excluding carboxylic acids is 1. The Hall–Kier alpha value is -0.176. The number of carbonyl (C=O) groups is 1. The summed E-state index contributed by atoms with van der Waals surface area (Å²) in [6, 6.07) is -0.0499. The van der Waals surface area contributed by atoms with Gasteiger partial charge in [0.05, 0.1) is 0 Å². The number of hydrogen-bond acceptors (Lipinski definition) is 3. The minimum Gasteiger partial charge on any atom is -0.370 e. The lowest BCUT2D eigenvalue weighted by Gasteiger charge is -2.42. The van der Waals surface area contributed by atoms with E-state index >= 15 is 0 Å². The van der Waals surface area contributed by atoms with Crippen LogP contribution in [0.2, 0.25) is 30.8 Å². The number of nitrogens with two attached hydrogens (primary N) is 3. The first-order valence-corrected chi connectivity index (χ1v) is 12.8. The van der Waals surface area contributed by atoms with Gasteiger partial charge in [-0.25, -0.2) is 0 Å². The maximum Gasteiger partial charge on any atom is 0.219 e. The molecule has 108 valence electrons. The van der Waals surface area contributed by atoms with Crippen LogP contribution in [0.25, 0.3) is 0 Å². The topological polar surface area (TPSA) is 95.1 Å². The number of amides is 1. The highest BCUT2D eigenvalue weighted by Crippen LogP contribution is 2.38. The molecule has 1 atom stereocenters. The molecule has 0 aromatic carbocycles. The monoisotopic (exact) mass is 289 g/mol. The van der Waals surface area contributed by atoms with Crippen LogP contribution < -0.4 is 17.2 Å². The van der Waals surface area contributed by atoms with Gasteiger partial charge in [0.25, 0.3) is 0 Å². The average Bonchev–Trinajstić information content (AvgIpc) is 2.23. The van der Waals surface area contributed by atoms with Crippen LogP contribution >= 0.6 is 0 Å². The van der Waals surface area contributed by atoms with Crippen molar-refractivity contribution in [1.82, 2.24) is 0 Å². The zero-order valence-electron chi connectivity index (χ0n) is 12.4. The molecule has 0 radical (unpaired) electrons. The summed E-state index contributed by atoms with van der Waals surface area (Å²) in [7, 11) is -2.43. The number of unbranched alkanes of at least 4 members (excludes halogenated alkanes) is 2. The molecular weight excluding hydrogens is 258 g/mol. The molecule has 0 aliphatic rings. The van der Waals surface area contributed by atoms with Crippen LogP contribution in [0.1, 0.15) is 25.7 Å². The largest absolute Gasteiger partial charge is 0.370 e. The van der Waals surface area contributed by atoms with Gasteiger partial charge in [0.15, 0.2) is 0 Å². The van der Waals surface area contributed by atoms with Crippen molar-refractivity contribution >= 4 is 23.5 Å². The van der Waals surface area contributed by atoms with E-state index in [1.165, 1.54) is 0 Å². The van der Waals surface area contributed by atoms with Crippen molar-refractivity contribution in [2.75, 3.05) is 6.54 Å². The third-order valence-corrected chi connectivity index (χ3v) is 13.4. The van der Waals surface area contributed by atoms with Gasteiger partial charge in [-0.05, 0) is 19.4 Å². The lowest BCUT2D eigenvalue weighted by atomic mass is 10.0. The van der Waals surface area contributed by atoms with E-state index in [1.54, 1.807) is 0 Å². The zero-order valence-corrected chi connectivity index (χ0v) is 14.7. The molecule has 1 unspecified atom stereocenters. The second-order valence-electron chi connectivity index (χ2n) is 5.85. The van der Waals surface area contributed by atoms with Crippen molar-refractivity contribution in [2.24, 2.45) is 17.2 Å². The molecule has 0 aliphatic carbocycles. The Kier molecular flexibility index (Phi) is 8.01. The lowest BCUT2D eigenvalue weighted by Crippen LogP contribution is -2.58. The molecule has 1 amide bonds. The van der Waals surface area contributed by atoms with Crippen molar-refractivity contribution in [3.05, 3.63) is 0 Å². The standard InChI is InChI=1S/C12H31N3OSi2/c1-17(2)12(11(15)16,18(3)4)10(14)8-6-5-7-9-13/h10,17-18H,5-9,13-14H2,1-4H3,(H2,15,16). The normalized spacial score (nSPS) is 14.2. The molecule has 0 bridgehead atoms. The summed E-state index contributed by atoms with van der Waals surface area (Å²) < 4.78 is -0.331. The molecule has 0 aromatic heterocycles. The lowest BCUT2D eigenvalue weighted by molar-refractivity contribution is -0.119. The second kappa shape index (κ2) is 8.09. The van der Waals surface area contributed by atoms with Gasteiger partial charge in [-0.3, -0.25) is 4.79 Å². The van der Waals surface area contributed by atoms with Gasteiger partial charge in [-0.2, -0.15) is 0 Å². The first kappa shape index (κ1) is 17.8. The fraction of sp³-hybridized carbons (Fsp3) is 0.917. The minimum absolute atomic E-state index is 0.0499. The molecule has 18 heavy (non-hydrogen) atoms. The van der Waals surface area contributed by atoms with E-state index in [-0.39, 0.29) is 16.6 Å². The number of rotatable bonds is 9. The van der Waals surface area contributed by atoms with Gasteiger partial charge in [0, 0.05) is 28.3 Å². The zero-order chi connectivity index (χ0) is 14.3. The highest BCUT2D eigenvalue weighted by Gasteiger charge is 2.48. The SMILES string of the molecule is C[SiH](C)C(C(N)=O)(C(N)CCCCCN)[SiH](C)C. The van der Waals surface area contributed by atoms with Gasteiger partial charge in [-0.1, -0.05) is 39.0 Å². The van der Waals surface area contributed by atoms with E-state index in [2.05, 4.69) is 26.2 Å². The molecule has 0 saturated carbocycles. The third kappa shape index (κ3) is 3.91. The van der Waals surface area contributed by atoms with Crippen LogP contribution in [0.4, 0.5) is 0 Å². The molecule has 6 heteroatoms. The fourth-order valence-electron chi connectivity index (χ4n) is 3.20. The third-order valence-electron chi connectivity index (χ3n) is 4.17. The van der Waals surface area contributed by atoms with Crippen LogP contribution in [0.3, 0.4) is 0 Å². The molecule has 0 aromatic rings. The molecule has 4 nitrogen and oxygen atoms in total. The Labute approximate surface area is 115 Å². The Bertz CT molecular complexity index is 252. The van der Waals surface area contributed by atoms with E-state index in [1.807, 2.05) is 0 Å². The molecule has 6 N–H and O–H groups in total. The Balaban J connectivity index is 4.80. The van der Waals surface area contributed by atoms with Crippen LogP contribution in [-0.2, 0) is 4.79 Å². The molecule has 0 heterocycles.